The Balaban J connectivity index is 3.84. The van der Waals surface area contributed by atoms with Crippen molar-refractivity contribution in [3.05, 3.63) is 0 Å². The van der Waals surface area contributed by atoms with Gasteiger partial charge in [0.25, 0.3) is 10.1 Å². The maximum Gasteiger partial charge on any atom is 0.270 e. The summed E-state index contributed by atoms with van der Waals surface area (Å²) in [7, 11) is -4.17. The minimum absolute atomic E-state index is 0.363. The molecule has 0 aliphatic carbocycles. The van der Waals surface area contributed by atoms with Crippen LogP contribution in [0.1, 0.15) is 123 Å². The lowest BCUT2D eigenvalue weighted by Crippen LogP contribution is -2.33. The fourth-order valence-electron chi connectivity index (χ4n) is 3.52. The van der Waals surface area contributed by atoms with Crippen LogP contribution in [0.5, 0.6) is 0 Å². The molecule has 0 radical (unpaired) electrons. The molecular formula is C21H44O4S. The molecule has 0 rings (SSSR count). The molecule has 5 heteroatoms. The lowest BCUT2D eigenvalue weighted by molar-refractivity contribution is 0.146. The van der Waals surface area contributed by atoms with Crippen molar-refractivity contribution >= 4 is 10.1 Å². The zero-order chi connectivity index (χ0) is 19.7. The van der Waals surface area contributed by atoms with E-state index < -0.39 is 21.5 Å². The summed E-state index contributed by atoms with van der Waals surface area (Å²) in [5.74, 6) is 0. The second kappa shape index (κ2) is 17.0. The summed E-state index contributed by atoms with van der Waals surface area (Å²) in [5.41, 5.74) is 0. The topological polar surface area (TPSA) is 74.6 Å². The van der Waals surface area contributed by atoms with Gasteiger partial charge in [0.15, 0.2) is 0 Å². The van der Waals surface area contributed by atoms with Crippen molar-refractivity contribution in [2.24, 2.45) is 0 Å². The second-order valence-corrected chi connectivity index (χ2v) is 9.43. The average Bonchev–Trinajstić information content (AvgIpc) is 2.58. The minimum Gasteiger partial charge on any atom is -0.392 e. The number of aliphatic hydroxyl groups excluding tert-OH is 1. The highest BCUT2D eigenvalue weighted by molar-refractivity contribution is 7.86. The molecule has 0 saturated carbocycles. The van der Waals surface area contributed by atoms with E-state index in [9.17, 15) is 18.1 Å². The quantitative estimate of drug-likeness (QED) is 0.200. The summed E-state index contributed by atoms with van der Waals surface area (Å²) in [6.07, 6.45) is 17.1. The largest absolute Gasteiger partial charge is 0.392 e. The van der Waals surface area contributed by atoms with Crippen molar-refractivity contribution < 1.29 is 18.1 Å². The Hall–Kier alpha value is -0.130. The van der Waals surface area contributed by atoms with E-state index >= 15 is 0 Å². The van der Waals surface area contributed by atoms with E-state index in [4.69, 9.17) is 0 Å². The Labute approximate surface area is 162 Å². The molecule has 0 aromatic heterocycles. The smallest absolute Gasteiger partial charge is 0.270 e. The van der Waals surface area contributed by atoms with Crippen LogP contribution >= 0.6 is 0 Å². The summed E-state index contributed by atoms with van der Waals surface area (Å²) >= 11 is 0. The molecule has 0 saturated heterocycles. The molecule has 0 fully saturated rings. The van der Waals surface area contributed by atoms with Gasteiger partial charge in [0.2, 0.25) is 0 Å². The number of rotatable bonds is 19. The fraction of sp³-hybridized carbons (Fsp3) is 1.00. The predicted molar refractivity (Wildman–Crippen MR) is 111 cm³/mol. The van der Waals surface area contributed by atoms with Crippen molar-refractivity contribution in [3.8, 4) is 0 Å². The first-order valence-electron chi connectivity index (χ1n) is 11.1. The van der Waals surface area contributed by atoms with Gasteiger partial charge in [-0.05, 0) is 12.8 Å². The van der Waals surface area contributed by atoms with Crippen molar-refractivity contribution in [3.63, 3.8) is 0 Å². The van der Waals surface area contributed by atoms with Crippen LogP contribution in [0.2, 0.25) is 0 Å². The van der Waals surface area contributed by atoms with Crippen LogP contribution in [-0.2, 0) is 10.1 Å². The van der Waals surface area contributed by atoms with Gasteiger partial charge in [-0.1, -0.05) is 110 Å². The Bertz CT molecular complexity index is 395. The van der Waals surface area contributed by atoms with Crippen molar-refractivity contribution in [2.45, 2.75) is 134 Å². The van der Waals surface area contributed by atoms with E-state index in [1.165, 1.54) is 44.9 Å². The Morgan fingerprint density at radius 3 is 1.35 bits per heavy atom. The summed E-state index contributed by atoms with van der Waals surface area (Å²) in [6, 6.07) is 0. The molecule has 0 aliphatic heterocycles. The average molecular weight is 393 g/mol. The molecule has 158 valence electrons. The molecule has 0 heterocycles. The van der Waals surface area contributed by atoms with E-state index in [-0.39, 0.29) is 0 Å². The first-order chi connectivity index (χ1) is 12.4. The molecule has 0 aromatic carbocycles. The van der Waals surface area contributed by atoms with Gasteiger partial charge in [0.05, 0.1) is 6.10 Å². The Morgan fingerprint density at radius 2 is 0.962 bits per heavy atom. The number of aliphatic hydroxyl groups is 1. The van der Waals surface area contributed by atoms with Gasteiger partial charge in [0, 0.05) is 0 Å². The molecule has 0 aliphatic rings. The first-order valence-corrected chi connectivity index (χ1v) is 12.6. The van der Waals surface area contributed by atoms with Gasteiger partial charge in [-0.2, -0.15) is 8.42 Å². The maximum absolute atomic E-state index is 11.6. The highest BCUT2D eigenvalue weighted by Gasteiger charge is 2.29. The molecule has 2 unspecified atom stereocenters. The van der Waals surface area contributed by atoms with Crippen LogP contribution in [0.15, 0.2) is 0 Å². The van der Waals surface area contributed by atoms with E-state index in [1.54, 1.807) is 0 Å². The molecule has 26 heavy (non-hydrogen) atoms. The highest BCUT2D eigenvalue weighted by atomic mass is 32.2. The van der Waals surface area contributed by atoms with E-state index in [1.807, 2.05) is 0 Å². The lowest BCUT2D eigenvalue weighted by Gasteiger charge is -2.20. The van der Waals surface area contributed by atoms with Crippen LogP contribution in [0, 0.1) is 0 Å². The zero-order valence-electron chi connectivity index (χ0n) is 17.3. The van der Waals surface area contributed by atoms with Crippen LogP contribution in [0.4, 0.5) is 0 Å². The zero-order valence-corrected chi connectivity index (χ0v) is 18.1. The maximum atomic E-state index is 11.6. The highest BCUT2D eigenvalue weighted by Crippen LogP contribution is 2.20. The normalized spacial score (nSPS) is 14.5. The lowest BCUT2D eigenvalue weighted by atomic mass is 10.0. The van der Waals surface area contributed by atoms with Gasteiger partial charge >= 0.3 is 0 Å². The fourth-order valence-corrected chi connectivity index (χ4v) is 4.51. The molecular weight excluding hydrogens is 348 g/mol. The van der Waals surface area contributed by atoms with E-state index in [0.29, 0.717) is 12.8 Å². The van der Waals surface area contributed by atoms with Crippen molar-refractivity contribution in [2.75, 3.05) is 0 Å². The third kappa shape index (κ3) is 15.0. The van der Waals surface area contributed by atoms with Crippen LogP contribution < -0.4 is 0 Å². The standard InChI is InChI=1S/C21H44O4S/c1-3-5-7-9-10-11-12-13-15-16-18-20(22)21(26(23,24)25)19-17-14-8-6-4-2/h20-22H,3-19H2,1-2H3,(H,23,24,25). The molecule has 2 N–H and O–H groups in total. The molecule has 4 nitrogen and oxygen atoms in total. The summed E-state index contributed by atoms with van der Waals surface area (Å²) in [4.78, 5) is 0. The van der Waals surface area contributed by atoms with Gasteiger partial charge in [0.1, 0.15) is 5.25 Å². The molecule has 0 spiro atoms. The van der Waals surface area contributed by atoms with Gasteiger partial charge < -0.3 is 5.11 Å². The van der Waals surface area contributed by atoms with Gasteiger partial charge in [-0.3, -0.25) is 4.55 Å². The molecule has 2 atom stereocenters. The first kappa shape index (κ1) is 25.9. The van der Waals surface area contributed by atoms with Gasteiger partial charge in [-0.15, -0.1) is 0 Å². The summed E-state index contributed by atoms with van der Waals surface area (Å²) in [5, 5.41) is 9.22. The number of hydrogen-bond donors (Lipinski definition) is 2. The van der Waals surface area contributed by atoms with Crippen LogP contribution in [0.25, 0.3) is 0 Å². The second-order valence-electron chi connectivity index (χ2n) is 7.79. The van der Waals surface area contributed by atoms with E-state index in [0.717, 1.165) is 51.4 Å². The Morgan fingerprint density at radius 1 is 0.615 bits per heavy atom. The summed E-state index contributed by atoms with van der Waals surface area (Å²) in [6.45, 7) is 4.37. The van der Waals surface area contributed by atoms with Crippen LogP contribution in [0.3, 0.4) is 0 Å². The number of hydrogen-bond acceptors (Lipinski definition) is 3. The van der Waals surface area contributed by atoms with Crippen molar-refractivity contribution in [1.29, 1.82) is 0 Å². The Kier molecular flexibility index (Phi) is 16.9. The van der Waals surface area contributed by atoms with Gasteiger partial charge in [-0.25, -0.2) is 0 Å². The molecule has 0 bridgehead atoms. The molecule has 0 amide bonds. The van der Waals surface area contributed by atoms with E-state index in [2.05, 4.69) is 13.8 Å². The minimum atomic E-state index is -4.17. The van der Waals surface area contributed by atoms with Crippen LogP contribution in [-0.4, -0.2) is 29.4 Å². The molecule has 0 aromatic rings. The van der Waals surface area contributed by atoms with Crippen molar-refractivity contribution in [1.82, 2.24) is 0 Å². The SMILES string of the molecule is CCCCCCCCCCCCC(O)C(CCCCCCC)S(=O)(=O)O. The monoisotopic (exact) mass is 392 g/mol. The summed E-state index contributed by atoms with van der Waals surface area (Å²) < 4.78 is 32.6. The number of unbranched alkanes of at least 4 members (excludes halogenated alkanes) is 13. The predicted octanol–water partition coefficient (Wildman–Crippen LogP) is 6.28. The third-order valence-corrected chi connectivity index (χ3v) is 6.57. The third-order valence-electron chi connectivity index (χ3n) is 5.26.